The van der Waals surface area contributed by atoms with Gasteiger partial charge in [-0.1, -0.05) is 117 Å². The molecule has 2 heteroatoms. The number of aromatic nitrogens is 1. The van der Waals surface area contributed by atoms with Crippen molar-refractivity contribution < 1.29 is 0 Å². The molecule has 0 unspecified atom stereocenters. The van der Waals surface area contributed by atoms with Crippen molar-refractivity contribution in [2.24, 2.45) is 0 Å². The van der Waals surface area contributed by atoms with Crippen LogP contribution in [0.4, 0.5) is 17.1 Å². The van der Waals surface area contributed by atoms with E-state index in [4.69, 9.17) is 0 Å². The lowest BCUT2D eigenvalue weighted by molar-refractivity contribution is 0.632. The molecule has 0 fully saturated rings. The highest BCUT2D eigenvalue weighted by Gasteiger charge is 2.36. The van der Waals surface area contributed by atoms with Gasteiger partial charge in [-0.3, -0.25) is 0 Å². The predicted octanol–water partition coefficient (Wildman–Crippen LogP) is 12.0. The number of hydrogen-bond donors (Lipinski definition) is 0. The van der Waals surface area contributed by atoms with Crippen LogP contribution in [0.1, 0.15) is 30.5 Å². The van der Waals surface area contributed by atoms with Crippen LogP contribution in [0.25, 0.3) is 49.4 Å². The monoisotopic (exact) mass is 590 g/mol. The fourth-order valence-electron chi connectivity index (χ4n) is 7.76. The number of para-hydroxylation sites is 2. The number of aryl methyl sites for hydroxylation is 1. The molecule has 7 aromatic carbocycles. The van der Waals surface area contributed by atoms with Crippen LogP contribution in [-0.4, -0.2) is 4.57 Å². The molecule has 0 aliphatic carbocycles. The summed E-state index contributed by atoms with van der Waals surface area (Å²) in [5.74, 6) is 0. The molecule has 0 amide bonds. The van der Waals surface area contributed by atoms with Crippen molar-refractivity contribution >= 4 is 49.6 Å². The van der Waals surface area contributed by atoms with Crippen LogP contribution >= 0.6 is 0 Å². The number of anilines is 3. The fraction of sp³-hybridized carbons (Fsp3) is 0.0909. The van der Waals surface area contributed by atoms with Gasteiger partial charge in [0.25, 0.3) is 0 Å². The second kappa shape index (κ2) is 9.95. The van der Waals surface area contributed by atoms with Gasteiger partial charge >= 0.3 is 0 Å². The van der Waals surface area contributed by atoms with Crippen LogP contribution in [0.3, 0.4) is 0 Å². The van der Waals surface area contributed by atoms with Crippen molar-refractivity contribution in [2.75, 3.05) is 4.90 Å². The third-order valence-corrected chi connectivity index (χ3v) is 9.99. The Morgan fingerprint density at radius 1 is 0.478 bits per heavy atom. The number of hydrogen-bond acceptors (Lipinski definition) is 1. The summed E-state index contributed by atoms with van der Waals surface area (Å²) in [4.78, 5) is 2.44. The summed E-state index contributed by atoms with van der Waals surface area (Å²) >= 11 is 0. The van der Waals surface area contributed by atoms with Gasteiger partial charge in [0.05, 0.1) is 22.4 Å². The Morgan fingerprint density at radius 3 is 2.07 bits per heavy atom. The topological polar surface area (TPSA) is 8.17 Å². The molecule has 1 aliphatic rings. The van der Waals surface area contributed by atoms with Gasteiger partial charge in [-0.2, -0.15) is 0 Å². The standard InChI is InChI=1S/C44H34N2/c1-29-12-11-16-34(26-29)46-40-25-22-30-13-7-8-17-35(30)43(40)36-23-20-31(27-41(36)46)32-21-24-38-42(28-32)45(33-14-5-4-6-15-33)39-19-10-9-18-37(39)44(38,2)3/h4-28H,1-3H3. The summed E-state index contributed by atoms with van der Waals surface area (Å²) in [5, 5.41) is 5.13. The summed E-state index contributed by atoms with van der Waals surface area (Å²) in [6.45, 7) is 6.87. The van der Waals surface area contributed by atoms with Crippen molar-refractivity contribution in [3.8, 4) is 16.8 Å². The van der Waals surface area contributed by atoms with E-state index in [1.807, 2.05) is 0 Å². The first-order valence-corrected chi connectivity index (χ1v) is 16.1. The second-order valence-electron chi connectivity index (χ2n) is 13.1. The highest BCUT2D eigenvalue weighted by molar-refractivity contribution is 6.21. The maximum atomic E-state index is 2.45. The molecule has 0 radical (unpaired) electrons. The molecule has 0 N–H and O–H groups in total. The highest BCUT2D eigenvalue weighted by atomic mass is 15.2. The van der Waals surface area contributed by atoms with Crippen LogP contribution in [0.5, 0.6) is 0 Å². The van der Waals surface area contributed by atoms with Gasteiger partial charge < -0.3 is 9.47 Å². The quantitative estimate of drug-likeness (QED) is 0.199. The van der Waals surface area contributed by atoms with Crippen LogP contribution in [-0.2, 0) is 5.41 Å². The minimum atomic E-state index is -0.127. The molecular formula is C44H34N2. The van der Waals surface area contributed by atoms with Crippen molar-refractivity contribution in [1.82, 2.24) is 4.57 Å². The smallest absolute Gasteiger partial charge is 0.0547 e. The van der Waals surface area contributed by atoms with Gasteiger partial charge in [-0.15, -0.1) is 0 Å². The van der Waals surface area contributed by atoms with Crippen molar-refractivity contribution in [1.29, 1.82) is 0 Å². The average Bonchev–Trinajstić information content (AvgIpc) is 3.43. The van der Waals surface area contributed by atoms with Gasteiger partial charge in [0.2, 0.25) is 0 Å². The molecule has 8 aromatic rings. The Kier molecular flexibility index (Phi) is 5.79. The molecule has 0 saturated carbocycles. The first-order valence-electron chi connectivity index (χ1n) is 16.1. The third kappa shape index (κ3) is 3.90. The summed E-state index contributed by atoms with van der Waals surface area (Å²) < 4.78 is 2.45. The largest absolute Gasteiger partial charge is 0.310 e. The molecule has 0 atom stereocenters. The molecule has 1 aliphatic heterocycles. The Balaban J connectivity index is 1.30. The Morgan fingerprint density at radius 2 is 1.20 bits per heavy atom. The normalized spacial score (nSPS) is 13.7. The van der Waals surface area contributed by atoms with Crippen molar-refractivity contribution in [2.45, 2.75) is 26.2 Å². The van der Waals surface area contributed by atoms with Gasteiger partial charge in [0.1, 0.15) is 0 Å². The molecule has 1 aromatic heterocycles. The molecule has 2 heterocycles. The van der Waals surface area contributed by atoms with Gasteiger partial charge in [-0.25, -0.2) is 0 Å². The lowest BCUT2D eigenvalue weighted by Gasteiger charge is -2.42. The van der Waals surface area contributed by atoms with Crippen LogP contribution in [0, 0.1) is 6.92 Å². The zero-order valence-electron chi connectivity index (χ0n) is 26.3. The predicted molar refractivity (Wildman–Crippen MR) is 195 cm³/mol. The molecule has 0 spiro atoms. The van der Waals surface area contributed by atoms with Crippen molar-refractivity contribution in [3.63, 3.8) is 0 Å². The number of benzene rings is 7. The van der Waals surface area contributed by atoms with E-state index in [-0.39, 0.29) is 5.41 Å². The van der Waals surface area contributed by atoms with E-state index in [9.17, 15) is 0 Å². The zero-order valence-corrected chi connectivity index (χ0v) is 26.3. The first-order chi connectivity index (χ1) is 22.5. The number of rotatable bonds is 3. The van der Waals surface area contributed by atoms with E-state index in [0.717, 1.165) is 0 Å². The van der Waals surface area contributed by atoms with Crippen molar-refractivity contribution in [3.05, 3.63) is 168 Å². The summed E-state index contributed by atoms with van der Waals surface area (Å²) in [7, 11) is 0. The number of nitrogens with zero attached hydrogens (tertiary/aromatic N) is 2. The summed E-state index contributed by atoms with van der Waals surface area (Å²) in [6.07, 6.45) is 0. The third-order valence-electron chi connectivity index (χ3n) is 9.99. The molecule has 46 heavy (non-hydrogen) atoms. The maximum absolute atomic E-state index is 2.45. The second-order valence-corrected chi connectivity index (χ2v) is 13.1. The van der Waals surface area contributed by atoms with E-state index >= 15 is 0 Å². The zero-order chi connectivity index (χ0) is 31.0. The van der Waals surface area contributed by atoms with E-state index < -0.39 is 0 Å². The molecule has 220 valence electrons. The van der Waals surface area contributed by atoms with Gasteiger partial charge in [-0.05, 0) is 94.0 Å². The van der Waals surface area contributed by atoms with Crippen LogP contribution in [0.2, 0.25) is 0 Å². The van der Waals surface area contributed by atoms with Crippen LogP contribution < -0.4 is 4.90 Å². The average molecular weight is 591 g/mol. The Bertz CT molecular complexity index is 2460. The Hall–Kier alpha value is -5.60. The van der Waals surface area contributed by atoms with Crippen LogP contribution in [0.15, 0.2) is 152 Å². The van der Waals surface area contributed by atoms with E-state index in [0.29, 0.717) is 0 Å². The summed E-state index contributed by atoms with van der Waals surface area (Å²) in [6, 6.07) is 55.9. The first kappa shape index (κ1) is 26.8. The SMILES string of the molecule is Cc1cccc(-n2c3cc(-c4ccc5c(c4)N(c4ccccc4)c4ccccc4C5(C)C)ccc3c3c4ccccc4ccc32)c1. The minimum absolute atomic E-state index is 0.127. The minimum Gasteiger partial charge on any atom is -0.310 e. The lowest BCUT2D eigenvalue weighted by atomic mass is 9.73. The fourth-order valence-corrected chi connectivity index (χ4v) is 7.76. The maximum Gasteiger partial charge on any atom is 0.0547 e. The molecule has 9 rings (SSSR count). The molecule has 0 bridgehead atoms. The van der Waals surface area contributed by atoms with E-state index in [1.54, 1.807) is 0 Å². The molecule has 2 nitrogen and oxygen atoms in total. The highest BCUT2D eigenvalue weighted by Crippen LogP contribution is 2.52. The summed E-state index contributed by atoms with van der Waals surface area (Å²) in [5.41, 5.74) is 13.5. The lowest BCUT2D eigenvalue weighted by Crippen LogP contribution is -2.30. The van der Waals surface area contributed by atoms with Gasteiger partial charge in [0.15, 0.2) is 0 Å². The molecular weight excluding hydrogens is 556 g/mol. The van der Waals surface area contributed by atoms with Gasteiger partial charge in [0, 0.05) is 27.6 Å². The molecule has 0 saturated heterocycles. The number of fused-ring (bicyclic) bond motifs is 7. The van der Waals surface area contributed by atoms with E-state index in [1.165, 1.54) is 83.1 Å². The Labute approximate surface area is 269 Å². The van der Waals surface area contributed by atoms with E-state index in [2.05, 4.69) is 182 Å².